The van der Waals surface area contributed by atoms with Crippen molar-refractivity contribution in [3.8, 4) is 5.75 Å². The lowest BCUT2D eigenvalue weighted by molar-refractivity contribution is 0.413. The molecule has 0 radical (unpaired) electrons. The molecule has 0 aliphatic carbocycles. The molecule has 2 rings (SSSR count). The molecule has 1 unspecified atom stereocenters. The second kappa shape index (κ2) is 6.73. The van der Waals surface area contributed by atoms with Crippen LogP contribution in [0.2, 0.25) is 5.02 Å². The van der Waals surface area contributed by atoms with E-state index in [-0.39, 0.29) is 11.9 Å². The summed E-state index contributed by atoms with van der Waals surface area (Å²) in [7, 11) is 1.61. The van der Waals surface area contributed by atoms with Crippen LogP contribution in [0.1, 0.15) is 24.1 Å². The number of rotatable bonds is 5. The Bertz CT molecular complexity index is 588. The number of ether oxygens (including phenoxy) is 1. The molecule has 0 spiro atoms. The molecule has 2 aromatic rings. The first-order chi connectivity index (χ1) is 9.65. The lowest BCUT2D eigenvalue weighted by Gasteiger charge is -2.20. The Kier molecular flexibility index (Phi) is 4.99. The summed E-state index contributed by atoms with van der Waals surface area (Å²) in [4.78, 5) is 0. The van der Waals surface area contributed by atoms with E-state index in [0.29, 0.717) is 17.1 Å². The molecule has 0 heterocycles. The minimum atomic E-state index is -0.275. The molecule has 0 fully saturated rings. The van der Waals surface area contributed by atoms with Crippen molar-refractivity contribution < 1.29 is 9.13 Å². The van der Waals surface area contributed by atoms with E-state index in [1.54, 1.807) is 19.2 Å². The first-order valence-corrected chi connectivity index (χ1v) is 6.85. The number of halogens is 2. The quantitative estimate of drug-likeness (QED) is 0.892. The summed E-state index contributed by atoms with van der Waals surface area (Å²) in [5.74, 6) is 0.469. The van der Waals surface area contributed by atoms with E-state index in [0.717, 1.165) is 11.3 Å². The van der Waals surface area contributed by atoms with Crippen molar-refractivity contribution >= 4 is 11.6 Å². The maximum atomic E-state index is 14.1. The average Bonchev–Trinajstić information content (AvgIpc) is 2.47. The Balaban J connectivity index is 2.46. The molecule has 106 valence electrons. The van der Waals surface area contributed by atoms with Crippen LogP contribution >= 0.6 is 11.6 Å². The van der Waals surface area contributed by atoms with Gasteiger partial charge in [-0.2, -0.15) is 0 Å². The van der Waals surface area contributed by atoms with E-state index in [4.69, 9.17) is 16.3 Å². The zero-order chi connectivity index (χ0) is 14.5. The van der Waals surface area contributed by atoms with Crippen LogP contribution in [0, 0.1) is 5.82 Å². The van der Waals surface area contributed by atoms with Gasteiger partial charge in [-0.3, -0.25) is 0 Å². The zero-order valence-electron chi connectivity index (χ0n) is 11.5. The maximum absolute atomic E-state index is 14.1. The van der Waals surface area contributed by atoms with Crippen molar-refractivity contribution in [1.82, 2.24) is 5.32 Å². The van der Waals surface area contributed by atoms with Gasteiger partial charge in [0.15, 0.2) is 0 Å². The second-order valence-electron chi connectivity index (χ2n) is 4.43. The molecule has 0 amide bonds. The predicted molar refractivity (Wildman–Crippen MR) is 79.9 cm³/mol. The summed E-state index contributed by atoms with van der Waals surface area (Å²) in [6, 6.07) is 11.9. The van der Waals surface area contributed by atoms with Crippen molar-refractivity contribution in [1.29, 1.82) is 0 Å². The highest BCUT2D eigenvalue weighted by atomic mass is 35.5. The summed E-state index contributed by atoms with van der Waals surface area (Å²) in [6.07, 6.45) is 0. The van der Waals surface area contributed by atoms with Crippen LogP contribution in [-0.4, -0.2) is 13.7 Å². The van der Waals surface area contributed by atoms with E-state index in [2.05, 4.69) is 5.32 Å². The third kappa shape index (κ3) is 3.30. The molecule has 1 atom stereocenters. The van der Waals surface area contributed by atoms with Crippen molar-refractivity contribution in [2.24, 2.45) is 0 Å². The van der Waals surface area contributed by atoms with Gasteiger partial charge in [0.2, 0.25) is 0 Å². The molecular weight excluding hydrogens is 277 g/mol. The molecule has 0 aliphatic heterocycles. The Labute approximate surface area is 123 Å². The first kappa shape index (κ1) is 14.8. The third-order valence-corrected chi connectivity index (χ3v) is 3.34. The first-order valence-electron chi connectivity index (χ1n) is 6.48. The Morgan fingerprint density at radius 3 is 2.75 bits per heavy atom. The van der Waals surface area contributed by atoms with Gasteiger partial charge in [0.25, 0.3) is 0 Å². The molecule has 4 heteroatoms. The van der Waals surface area contributed by atoms with Gasteiger partial charge in [0, 0.05) is 10.6 Å². The maximum Gasteiger partial charge on any atom is 0.128 e. The second-order valence-corrected chi connectivity index (χ2v) is 4.87. The van der Waals surface area contributed by atoms with Crippen LogP contribution in [0.15, 0.2) is 42.5 Å². The topological polar surface area (TPSA) is 21.3 Å². The SMILES string of the molecule is CCNC(c1cccc(OC)c1)c1cc(Cl)ccc1F. The fraction of sp³-hybridized carbons (Fsp3) is 0.250. The van der Waals surface area contributed by atoms with E-state index in [9.17, 15) is 4.39 Å². The van der Waals surface area contributed by atoms with Crippen molar-refractivity contribution in [3.63, 3.8) is 0 Å². The van der Waals surface area contributed by atoms with Crippen molar-refractivity contribution in [2.75, 3.05) is 13.7 Å². The van der Waals surface area contributed by atoms with Gasteiger partial charge in [0.05, 0.1) is 13.2 Å². The lowest BCUT2D eigenvalue weighted by Crippen LogP contribution is -2.23. The Hall–Kier alpha value is -1.58. The summed E-state index contributed by atoms with van der Waals surface area (Å²) in [5.41, 5.74) is 1.47. The summed E-state index contributed by atoms with van der Waals surface area (Å²) >= 11 is 5.99. The molecule has 0 bridgehead atoms. The van der Waals surface area contributed by atoms with Gasteiger partial charge < -0.3 is 10.1 Å². The molecule has 1 N–H and O–H groups in total. The highest BCUT2D eigenvalue weighted by Crippen LogP contribution is 2.28. The number of benzene rings is 2. The molecule has 2 aromatic carbocycles. The molecule has 0 aliphatic rings. The molecule has 0 saturated carbocycles. The number of hydrogen-bond acceptors (Lipinski definition) is 2. The predicted octanol–water partition coefficient (Wildman–Crippen LogP) is 4.19. The summed E-state index contributed by atoms with van der Waals surface area (Å²) in [5, 5.41) is 3.80. The lowest BCUT2D eigenvalue weighted by atomic mass is 9.98. The van der Waals surface area contributed by atoms with Gasteiger partial charge >= 0.3 is 0 Å². The van der Waals surface area contributed by atoms with Crippen LogP contribution in [-0.2, 0) is 0 Å². The highest BCUT2D eigenvalue weighted by molar-refractivity contribution is 6.30. The normalized spacial score (nSPS) is 12.2. The molecular formula is C16H17ClFNO. The standard InChI is InChI=1S/C16H17ClFNO/c1-3-19-16(11-5-4-6-13(9-11)20-2)14-10-12(17)7-8-15(14)18/h4-10,16,19H,3H2,1-2H3. The van der Waals surface area contributed by atoms with E-state index >= 15 is 0 Å². The minimum absolute atomic E-state index is 0.256. The van der Waals surface area contributed by atoms with Crippen LogP contribution < -0.4 is 10.1 Å². The van der Waals surface area contributed by atoms with Crippen molar-refractivity contribution in [2.45, 2.75) is 13.0 Å². The van der Waals surface area contributed by atoms with E-state index < -0.39 is 0 Å². The van der Waals surface area contributed by atoms with Gasteiger partial charge in [-0.05, 0) is 42.4 Å². The minimum Gasteiger partial charge on any atom is -0.497 e. The van der Waals surface area contributed by atoms with E-state index in [1.807, 2.05) is 31.2 Å². The molecule has 20 heavy (non-hydrogen) atoms. The highest BCUT2D eigenvalue weighted by Gasteiger charge is 2.18. The smallest absolute Gasteiger partial charge is 0.128 e. The molecule has 0 saturated heterocycles. The fourth-order valence-corrected chi connectivity index (χ4v) is 2.35. The average molecular weight is 294 g/mol. The van der Waals surface area contributed by atoms with Crippen molar-refractivity contribution in [3.05, 3.63) is 64.4 Å². The van der Waals surface area contributed by atoms with Crippen LogP contribution in [0.4, 0.5) is 4.39 Å². The number of hydrogen-bond donors (Lipinski definition) is 1. The van der Waals surface area contributed by atoms with Gasteiger partial charge in [-0.1, -0.05) is 30.7 Å². The van der Waals surface area contributed by atoms with Gasteiger partial charge in [0.1, 0.15) is 11.6 Å². The van der Waals surface area contributed by atoms with E-state index in [1.165, 1.54) is 6.07 Å². The molecule has 2 nitrogen and oxygen atoms in total. The number of nitrogens with one attached hydrogen (secondary N) is 1. The summed E-state index contributed by atoms with van der Waals surface area (Å²) < 4.78 is 19.3. The number of methoxy groups -OCH3 is 1. The fourth-order valence-electron chi connectivity index (χ4n) is 2.17. The Morgan fingerprint density at radius 2 is 2.05 bits per heavy atom. The largest absolute Gasteiger partial charge is 0.497 e. The van der Waals surface area contributed by atoms with Gasteiger partial charge in [-0.25, -0.2) is 4.39 Å². The molecule has 0 aromatic heterocycles. The Morgan fingerprint density at radius 1 is 1.25 bits per heavy atom. The van der Waals surface area contributed by atoms with Gasteiger partial charge in [-0.15, -0.1) is 0 Å². The monoisotopic (exact) mass is 293 g/mol. The van der Waals surface area contributed by atoms with Crippen LogP contribution in [0.3, 0.4) is 0 Å². The van der Waals surface area contributed by atoms with Crippen LogP contribution in [0.25, 0.3) is 0 Å². The summed E-state index contributed by atoms with van der Waals surface area (Å²) in [6.45, 7) is 2.70. The zero-order valence-corrected chi connectivity index (χ0v) is 12.2. The third-order valence-electron chi connectivity index (χ3n) is 3.10. The van der Waals surface area contributed by atoms with Crippen LogP contribution in [0.5, 0.6) is 5.75 Å².